The summed E-state index contributed by atoms with van der Waals surface area (Å²) in [6, 6.07) is 6.78. The van der Waals surface area contributed by atoms with E-state index in [0.717, 1.165) is 12.1 Å². The van der Waals surface area contributed by atoms with Crippen molar-refractivity contribution in [2.24, 2.45) is 0 Å². The predicted molar refractivity (Wildman–Crippen MR) is 69.8 cm³/mol. The van der Waals surface area contributed by atoms with Crippen LogP contribution < -0.4 is 4.72 Å². The molecule has 0 aliphatic rings. The van der Waals surface area contributed by atoms with Gasteiger partial charge in [-0.05, 0) is 36.8 Å². The van der Waals surface area contributed by atoms with Gasteiger partial charge in [0.2, 0.25) is 10.0 Å². The van der Waals surface area contributed by atoms with E-state index in [1.54, 1.807) is 19.1 Å². The van der Waals surface area contributed by atoms with Crippen molar-refractivity contribution in [3.63, 3.8) is 0 Å². The summed E-state index contributed by atoms with van der Waals surface area (Å²) in [7, 11) is -4.01. The number of benzene rings is 1. The van der Waals surface area contributed by atoms with Gasteiger partial charge < -0.3 is 9.52 Å². The van der Waals surface area contributed by atoms with Gasteiger partial charge in [0.05, 0.1) is 13.2 Å². The third-order valence-electron chi connectivity index (χ3n) is 2.70. The molecular formula is C13H14FNO4S. The van der Waals surface area contributed by atoms with E-state index in [4.69, 9.17) is 9.52 Å². The first kappa shape index (κ1) is 14.7. The number of aliphatic hydroxyl groups excluding tert-OH is 1. The van der Waals surface area contributed by atoms with Crippen LogP contribution in [0.4, 0.5) is 4.39 Å². The van der Waals surface area contributed by atoms with Crippen molar-refractivity contribution < 1.29 is 22.3 Å². The molecule has 20 heavy (non-hydrogen) atoms. The van der Waals surface area contributed by atoms with Gasteiger partial charge in [-0.25, -0.2) is 17.5 Å². The zero-order chi connectivity index (χ0) is 14.8. The Morgan fingerprint density at radius 1 is 1.30 bits per heavy atom. The second-order valence-corrected chi connectivity index (χ2v) is 6.00. The molecule has 1 aromatic carbocycles. The van der Waals surface area contributed by atoms with Gasteiger partial charge in [-0.2, -0.15) is 0 Å². The predicted octanol–water partition coefficient (Wildman–Crippen LogP) is 1.70. The summed E-state index contributed by atoms with van der Waals surface area (Å²) >= 11 is 0. The molecule has 2 aromatic rings. The number of rotatable bonds is 5. The molecule has 0 aliphatic heterocycles. The number of furan rings is 1. The Morgan fingerprint density at radius 2 is 2.05 bits per heavy atom. The van der Waals surface area contributed by atoms with Crippen molar-refractivity contribution in [3.8, 4) is 0 Å². The monoisotopic (exact) mass is 299 g/mol. The van der Waals surface area contributed by atoms with E-state index in [0.29, 0.717) is 17.1 Å². The summed E-state index contributed by atoms with van der Waals surface area (Å²) in [6.45, 7) is 1.31. The molecule has 0 bridgehead atoms. The fourth-order valence-corrected chi connectivity index (χ4v) is 2.80. The van der Waals surface area contributed by atoms with E-state index in [9.17, 15) is 12.8 Å². The Labute approximate surface area is 116 Å². The van der Waals surface area contributed by atoms with Gasteiger partial charge in [-0.3, -0.25) is 0 Å². The van der Waals surface area contributed by atoms with Crippen LogP contribution in [0.25, 0.3) is 0 Å². The van der Waals surface area contributed by atoms with Crippen molar-refractivity contribution in [1.82, 2.24) is 4.72 Å². The number of halogens is 1. The maximum atomic E-state index is 13.6. The summed E-state index contributed by atoms with van der Waals surface area (Å²) < 4.78 is 45.1. The largest absolute Gasteiger partial charge is 0.465 e. The Balaban J connectivity index is 2.21. The lowest BCUT2D eigenvalue weighted by Gasteiger charge is -2.08. The quantitative estimate of drug-likeness (QED) is 0.880. The van der Waals surface area contributed by atoms with Crippen LogP contribution in [0, 0.1) is 12.7 Å². The zero-order valence-corrected chi connectivity index (χ0v) is 11.6. The van der Waals surface area contributed by atoms with Crippen molar-refractivity contribution in [1.29, 1.82) is 0 Å². The van der Waals surface area contributed by atoms with E-state index in [2.05, 4.69) is 4.72 Å². The highest BCUT2D eigenvalue weighted by Gasteiger charge is 2.19. The summed E-state index contributed by atoms with van der Waals surface area (Å²) in [4.78, 5) is -0.493. The minimum absolute atomic E-state index is 0.0705. The van der Waals surface area contributed by atoms with Crippen molar-refractivity contribution in [2.75, 3.05) is 0 Å². The average molecular weight is 299 g/mol. The highest BCUT2D eigenvalue weighted by molar-refractivity contribution is 7.89. The molecule has 0 radical (unpaired) electrons. The van der Waals surface area contributed by atoms with Gasteiger partial charge in [0.15, 0.2) is 0 Å². The molecule has 2 rings (SSSR count). The molecule has 0 fully saturated rings. The topological polar surface area (TPSA) is 79.5 Å². The lowest BCUT2D eigenvalue weighted by atomic mass is 10.2. The summed E-state index contributed by atoms with van der Waals surface area (Å²) in [5.74, 6) is 0.225. The Morgan fingerprint density at radius 3 is 2.65 bits per heavy atom. The van der Waals surface area contributed by atoms with Gasteiger partial charge in [-0.1, -0.05) is 6.07 Å². The van der Waals surface area contributed by atoms with Crippen LogP contribution in [0.15, 0.2) is 39.6 Å². The maximum absolute atomic E-state index is 13.6. The second-order valence-electron chi connectivity index (χ2n) is 4.26. The van der Waals surface area contributed by atoms with Crippen LogP contribution in [-0.4, -0.2) is 13.5 Å². The molecular weight excluding hydrogens is 285 g/mol. The second kappa shape index (κ2) is 5.74. The highest BCUT2D eigenvalue weighted by Crippen LogP contribution is 2.17. The van der Waals surface area contributed by atoms with Crippen LogP contribution >= 0.6 is 0 Å². The minimum atomic E-state index is -4.01. The van der Waals surface area contributed by atoms with Crippen molar-refractivity contribution >= 4 is 10.0 Å². The molecule has 0 unspecified atom stereocenters. The summed E-state index contributed by atoms with van der Waals surface area (Å²) in [5.41, 5.74) is 0.320. The van der Waals surface area contributed by atoms with Crippen molar-refractivity contribution in [2.45, 2.75) is 25.0 Å². The maximum Gasteiger partial charge on any atom is 0.243 e. The fourth-order valence-electron chi connectivity index (χ4n) is 1.68. The lowest BCUT2D eigenvalue weighted by Crippen LogP contribution is -2.24. The number of nitrogens with one attached hydrogen (secondary N) is 1. The normalized spacial score (nSPS) is 11.8. The summed E-state index contributed by atoms with van der Waals surface area (Å²) in [5, 5.41) is 8.98. The molecule has 0 aliphatic carbocycles. The van der Waals surface area contributed by atoms with Crippen LogP contribution in [0.5, 0.6) is 0 Å². The van der Waals surface area contributed by atoms with E-state index < -0.39 is 20.7 Å². The molecule has 1 aromatic heterocycles. The van der Waals surface area contributed by atoms with E-state index >= 15 is 0 Å². The van der Waals surface area contributed by atoms with Gasteiger partial charge in [0.25, 0.3) is 0 Å². The average Bonchev–Trinajstić information content (AvgIpc) is 2.83. The summed E-state index contributed by atoms with van der Waals surface area (Å²) in [6.07, 6.45) is 0. The third kappa shape index (κ3) is 3.24. The highest BCUT2D eigenvalue weighted by atomic mass is 32.2. The number of aliphatic hydroxyl groups is 1. The number of sulfonamides is 1. The minimum Gasteiger partial charge on any atom is -0.465 e. The van der Waals surface area contributed by atoms with E-state index in [1.165, 1.54) is 6.07 Å². The first-order valence-electron chi connectivity index (χ1n) is 5.86. The molecule has 0 saturated heterocycles. The molecule has 2 N–H and O–H groups in total. The first-order chi connectivity index (χ1) is 9.42. The molecule has 7 heteroatoms. The van der Waals surface area contributed by atoms with Gasteiger partial charge in [0, 0.05) is 0 Å². The molecule has 0 atom stereocenters. The molecule has 0 spiro atoms. The van der Waals surface area contributed by atoms with Crippen LogP contribution in [0.2, 0.25) is 0 Å². The molecule has 0 saturated carbocycles. The molecule has 1 heterocycles. The van der Waals surface area contributed by atoms with Crippen molar-refractivity contribution in [3.05, 3.63) is 53.2 Å². The smallest absolute Gasteiger partial charge is 0.243 e. The fraction of sp³-hybridized carbons (Fsp3) is 0.231. The van der Waals surface area contributed by atoms with Gasteiger partial charge in [0.1, 0.15) is 22.2 Å². The third-order valence-corrected chi connectivity index (χ3v) is 4.12. The standard InChI is InChI=1S/C13H14FNO4S/c1-9-2-4-11(19-9)7-15-20(17,18)13-6-10(8-16)3-5-12(13)14/h2-6,15-16H,7-8H2,1H3. The Kier molecular flexibility index (Phi) is 4.22. The number of hydrogen-bond donors (Lipinski definition) is 2. The van der Waals surface area contributed by atoms with Crippen LogP contribution in [0.1, 0.15) is 17.1 Å². The number of aryl methyl sites for hydroxylation is 1. The Hall–Kier alpha value is -1.70. The van der Waals surface area contributed by atoms with Gasteiger partial charge >= 0.3 is 0 Å². The van der Waals surface area contributed by atoms with E-state index in [-0.39, 0.29) is 13.2 Å². The van der Waals surface area contributed by atoms with Gasteiger partial charge in [-0.15, -0.1) is 0 Å². The Bertz CT molecular complexity index is 709. The zero-order valence-electron chi connectivity index (χ0n) is 10.8. The van der Waals surface area contributed by atoms with E-state index in [1.807, 2.05) is 0 Å². The molecule has 5 nitrogen and oxygen atoms in total. The molecule has 0 amide bonds. The molecule has 108 valence electrons. The lowest BCUT2D eigenvalue weighted by molar-refractivity contribution is 0.281. The van der Waals surface area contributed by atoms with Crippen LogP contribution in [0.3, 0.4) is 0 Å². The SMILES string of the molecule is Cc1ccc(CNS(=O)(=O)c2cc(CO)ccc2F)o1. The number of hydrogen-bond acceptors (Lipinski definition) is 4. The first-order valence-corrected chi connectivity index (χ1v) is 7.35. The van der Waals surface area contributed by atoms with Crippen LogP contribution in [-0.2, 0) is 23.2 Å².